The Morgan fingerprint density at radius 3 is 2.37 bits per heavy atom. The van der Waals surface area contributed by atoms with E-state index < -0.39 is 17.4 Å². The molecule has 0 unspecified atom stereocenters. The topological polar surface area (TPSA) is 104 Å². The smallest absolute Gasteiger partial charge is 0.337 e. The Hall–Kier alpha value is -2.24. The molecule has 4 N–H and O–H groups in total. The van der Waals surface area contributed by atoms with Crippen molar-refractivity contribution in [3.8, 4) is 0 Å². The first kappa shape index (κ1) is 14.8. The molecule has 0 aliphatic carbocycles. The van der Waals surface area contributed by atoms with Crippen LogP contribution in [-0.4, -0.2) is 35.7 Å². The number of carbonyl (C=O) groups is 2. The first-order chi connectivity index (χ1) is 8.65. The first-order valence-corrected chi connectivity index (χ1v) is 5.72. The van der Waals surface area contributed by atoms with Crippen LogP contribution in [0.5, 0.6) is 0 Å². The largest absolute Gasteiger partial charge is 0.481 e. The van der Waals surface area contributed by atoms with Gasteiger partial charge >= 0.3 is 11.9 Å². The van der Waals surface area contributed by atoms with Crippen LogP contribution in [0, 0.1) is 5.41 Å². The quantitative estimate of drug-likeness (QED) is 0.698. The maximum atomic E-state index is 11.2. The van der Waals surface area contributed by atoms with Crippen LogP contribution in [0.2, 0.25) is 0 Å². The maximum Gasteiger partial charge on any atom is 0.337 e. The number of aromatic carboxylic acids is 1. The third kappa shape index (κ3) is 3.37. The van der Waals surface area contributed by atoms with E-state index in [9.17, 15) is 9.59 Å². The molecule has 0 bridgehead atoms. The van der Waals surface area contributed by atoms with E-state index in [4.69, 9.17) is 15.9 Å². The molecule has 0 spiro atoms. The molecule has 1 aromatic rings. The summed E-state index contributed by atoms with van der Waals surface area (Å²) < 4.78 is 0. The van der Waals surface area contributed by atoms with Gasteiger partial charge in [-0.2, -0.15) is 0 Å². The molecule has 19 heavy (non-hydrogen) atoms. The summed E-state index contributed by atoms with van der Waals surface area (Å²) >= 11 is 0. The second-order valence-corrected chi connectivity index (χ2v) is 5.13. The van der Waals surface area contributed by atoms with E-state index in [1.54, 1.807) is 37.9 Å². The van der Waals surface area contributed by atoms with E-state index in [0.29, 0.717) is 11.4 Å². The molecule has 0 atom stereocenters. The highest BCUT2D eigenvalue weighted by molar-refractivity contribution is 5.95. The van der Waals surface area contributed by atoms with Gasteiger partial charge in [-0.1, -0.05) is 0 Å². The Morgan fingerprint density at radius 2 is 1.89 bits per heavy atom. The van der Waals surface area contributed by atoms with Crippen LogP contribution in [0.15, 0.2) is 18.2 Å². The van der Waals surface area contributed by atoms with Crippen LogP contribution in [-0.2, 0) is 4.79 Å². The molecule has 104 valence electrons. The Bertz CT molecular complexity index is 511. The summed E-state index contributed by atoms with van der Waals surface area (Å²) in [4.78, 5) is 23.9. The zero-order chi connectivity index (χ0) is 14.8. The standard InChI is InChI=1S/C13H18N2O4/c1-13(2,12(18)19)7-15(3)10-5-4-8(14)6-9(10)11(16)17/h4-6H,7,14H2,1-3H3,(H,16,17)(H,18,19). The minimum Gasteiger partial charge on any atom is -0.481 e. The summed E-state index contributed by atoms with van der Waals surface area (Å²) in [6.45, 7) is 3.36. The fraction of sp³-hybridized carbons (Fsp3) is 0.385. The van der Waals surface area contributed by atoms with Crippen molar-refractivity contribution in [2.45, 2.75) is 13.8 Å². The van der Waals surface area contributed by atoms with E-state index >= 15 is 0 Å². The van der Waals surface area contributed by atoms with E-state index in [1.807, 2.05) is 0 Å². The minimum atomic E-state index is -1.10. The second-order valence-electron chi connectivity index (χ2n) is 5.13. The van der Waals surface area contributed by atoms with Gasteiger partial charge in [0.1, 0.15) is 0 Å². The number of nitrogen functional groups attached to an aromatic ring is 1. The summed E-state index contributed by atoms with van der Waals surface area (Å²) in [5.74, 6) is -2.03. The third-order valence-electron chi connectivity index (χ3n) is 2.87. The number of rotatable bonds is 5. The molecule has 0 saturated heterocycles. The van der Waals surface area contributed by atoms with Crippen molar-refractivity contribution in [2.24, 2.45) is 5.41 Å². The highest BCUT2D eigenvalue weighted by atomic mass is 16.4. The molecule has 0 aliphatic rings. The fourth-order valence-electron chi connectivity index (χ4n) is 1.80. The van der Waals surface area contributed by atoms with Crippen molar-refractivity contribution in [1.82, 2.24) is 0 Å². The van der Waals surface area contributed by atoms with Crippen LogP contribution >= 0.6 is 0 Å². The normalized spacial score (nSPS) is 11.1. The summed E-state index contributed by atoms with van der Waals surface area (Å²) in [6.07, 6.45) is 0. The van der Waals surface area contributed by atoms with Crippen molar-refractivity contribution in [3.63, 3.8) is 0 Å². The molecule has 0 heterocycles. The average Bonchev–Trinajstić information content (AvgIpc) is 2.27. The van der Waals surface area contributed by atoms with Crippen molar-refractivity contribution in [2.75, 3.05) is 24.2 Å². The predicted molar refractivity (Wildman–Crippen MR) is 72.5 cm³/mol. The number of hydrogen-bond donors (Lipinski definition) is 3. The van der Waals surface area contributed by atoms with Crippen LogP contribution in [0.3, 0.4) is 0 Å². The Labute approximate surface area is 111 Å². The maximum absolute atomic E-state index is 11.2. The minimum absolute atomic E-state index is 0.0590. The van der Waals surface area contributed by atoms with Crippen LogP contribution in [0.1, 0.15) is 24.2 Å². The zero-order valence-electron chi connectivity index (χ0n) is 11.2. The molecule has 6 nitrogen and oxygen atoms in total. The van der Waals surface area contributed by atoms with Gasteiger partial charge in [-0.3, -0.25) is 4.79 Å². The van der Waals surface area contributed by atoms with Crippen LogP contribution in [0.4, 0.5) is 11.4 Å². The molecule has 6 heteroatoms. The lowest BCUT2D eigenvalue weighted by atomic mass is 9.93. The highest BCUT2D eigenvalue weighted by Crippen LogP contribution is 2.26. The molecular weight excluding hydrogens is 248 g/mol. The second kappa shape index (κ2) is 5.17. The van der Waals surface area contributed by atoms with Gasteiger partial charge in [0, 0.05) is 19.3 Å². The van der Waals surface area contributed by atoms with Crippen molar-refractivity contribution in [3.05, 3.63) is 23.8 Å². The number of hydrogen-bond acceptors (Lipinski definition) is 4. The average molecular weight is 266 g/mol. The van der Waals surface area contributed by atoms with E-state index in [0.717, 1.165) is 0 Å². The van der Waals surface area contributed by atoms with Crippen LogP contribution < -0.4 is 10.6 Å². The Morgan fingerprint density at radius 1 is 1.32 bits per heavy atom. The summed E-state index contributed by atoms with van der Waals surface area (Å²) in [6, 6.07) is 4.53. The Balaban J connectivity index is 3.10. The monoisotopic (exact) mass is 266 g/mol. The predicted octanol–water partition coefficient (Wildman–Crippen LogP) is 1.51. The molecular formula is C13H18N2O4. The molecule has 0 aromatic heterocycles. The van der Waals surface area contributed by atoms with Gasteiger partial charge in [0.15, 0.2) is 0 Å². The van der Waals surface area contributed by atoms with E-state index in [-0.39, 0.29) is 12.1 Å². The third-order valence-corrected chi connectivity index (χ3v) is 2.87. The lowest BCUT2D eigenvalue weighted by Crippen LogP contribution is -2.37. The highest BCUT2D eigenvalue weighted by Gasteiger charge is 2.29. The number of anilines is 2. The molecule has 0 radical (unpaired) electrons. The van der Waals surface area contributed by atoms with Gasteiger partial charge in [0.25, 0.3) is 0 Å². The van der Waals surface area contributed by atoms with Gasteiger partial charge in [-0.05, 0) is 32.0 Å². The molecule has 0 amide bonds. The number of nitrogens with two attached hydrogens (primary N) is 1. The lowest BCUT2D eigenvalue weighted by molar-refractivity contribution is -0.146. The fourth-order valence-corrected chi connectivity index (χ4v) is 1.80. The van der Waals surface area contributed by atoms with Crippen LogP contribution in [0.25, 0.3) is 0 Å². The zero-order valence-corrected chi connectivity index (χ0v) is 11.2. The number of aliphatic carboxylic acids is 1. The number of nitrogens with zero attached hydrogens (tertiary/aromatic N) is 1. The van der Waals surface area contributed by atoms with Gasteiger partial charge in [-0.25, -0.2) is 4.79 Å². The number of carboxylic acid groups (broad SMARTS) is 2. The molecule has 0 fully saturated rings. The summed E-state index contributed by atoms with van der Waals surface area (Å²) in [7, 11) is 1.66. The van der Waals surface area contributed by atoms with Crippen molar-refractivity contribution < 1.29 is 19.8 Å². The van der Waals surface area contributed by atoms with Gasteiger partial charge in [-0.15, -0.1) is 0 Å². The summed E-state index contributed by atoms with van der Waals surface area (Å²) in [5, 5.41) is 18.2. The SMILES string of the molecule is CN(CC(C)(C)C(=O)O)c1ccc(N)cc1C(=O)O. The lowest BCUT2D eigenvalue weighted by Gasteiger charge is -2.29. The molecule has 1 rings (SSSR count). The number of benzene rings is 1. The molecule has 0 aliphatic heterocycles. The number of carboxylic acids is 2. The first-order valence-electron chi connectivity index (χ1n) is 5.72. The van der Waals surface area contributed by atoms with Gasteiger partial charge in [0.2, 0.25) is 0 Å². The van der Waals surface area contributed by atoms with Crippen molar-refractivity contribution >= 4 is 23.3 Å². The molecule has 0 saturated carbocycles. The Kier molecular flexibility index (Phi) is 4.04. The summed E-state index contributed by atoms with van der Waals surface area (Å²) in [5.41, 5.74) is 5.44. The van der Waals surface area contributed by atoms with E-state index in [2.05, 4.69) is 0 Å². The van der Waals surface area contributed by atoms with E-state index in [1.165, 1.54) is 6.07 Å². The molecule has 1 aromatic carbocycles. The van der Waals surface area contributed by atoms with Gasteiger partial charge < -0.3 is 20.8 Å². The van der Waals surface area contributed by atoms with Crippen molar-refractivity contribution in [1.29, 1.82) is 0 Å². The van der Waals surface area contributed by atoms with Gasteiger partial charge in [0.05, 0.1) is 16.7 Å².